The van der Waals surface area contributed by atoms with Crippen molar-refractivity contribution in [3.63, 3.8) is 0 Å². The summed E-state index contributed by atoms with van der Waals surface area (Å²) in [6, 6.07) is 15.2. The van der Waals surface area contributed by atoms with E-state index in [1.807, 2.05) is 56.3 Å². The Morgan fingerprint density at radius 3 is 2.38 bits per heavy atom. The molecule has 5 heteroatoms. The topological polar surface area (TPSA) is 61.2 Å². The normalized spacial score (nSPS) is 10.6. The lowest BCUT2D eigenvalue weighted by Gasteiger charge is -2.11. The summed E-state index contributed by atoms with van der Waals surface area (Å²) < 4.78 is 6.42. The van der Waals surface area contributed by atoms with Crippen molar-refractivity contribution in [1.29, 1.82) is 0 Å². The Balaban J connectivity index is 2.10. The summed E-state index contributed by atoms with van der Waals surface area (Å²) in [5.41, 5.74) is 4.21. The van der Waals surface area contributed by atoms with Gasteiger partial charge in [0.1, 0.15) is 6.54 Å². The minimum Gasteiger partial charge on any atom is -0.468 e. The molecule has 3 aromatic rings. The average Bonchev–Trinajstić information content (AvgIpc) is 3.04. The maximum absolute atomic E-state index is 13.0. The van der Waals surface area contributed by atoms with Crippen LogP contribution >= 0.6 is 0 Å². The number of carbonyl (C=O) groups is 2. The molecule has 0 saturated carbocycles. The van der Waals surface area contributed by atoms with Crippen molar-refractivity contribution in [2.75, 3.05) is 7.11 Å². The summed E-state index contributed by atoms with van der Waals surface area (Å²) in [5.74, 6) is -0.441. The molecule has 0 atom stereocenters. The minimum absolute atomic E-state index is 0.0767. The first-order chi connectivity index (χ1) is 12.5. The maximum atomic E-state index is 13.0. The van der Waals surface area contributed by atoms with E-state index in [0.29, 0.717) is 11.3 Å². The number of ether oxygens (including phenoxy) is 1. The third kappa shape index (κ3) is 3.57. The van der Waals surface area contributed by atoms with E-state index in [4.69, 9.17) is 4.74 Å². The third-order valence-electron chi connectivity index (χ3n) is 4.17. The van der Waals surface area contributed by atoms with Gasteiger partial charge in [-0.3, -0.25) is 9.59 Å². The van der Waals surface area contributed by atoms with E-state index < -0.39 is 5.97 Å². The molecule has 0 fully saturated rings. The minimum atomic E-state index is -0.435. The predicted molar refractivity (Wildman–Crippen MR) is 99.0 cm³/mol. The summed E-state index contributed by atoms with van der Waals surface area (Å²) in [6.45, 7) is 3.84. The fraction of sp³-hybridized carbons (Fsp3) is 0.190. The molecular weight excluding hydrogens is 328 g/mol. The molecule has 0 spiro atoms. The van der Waals surface area contributed by atoms with Crippen molar-refractivity contribution in [3.8, 4) is 11.3 Å². The number of aryl methyl sites for hydroxylation is 2. The molecule has 0 saturated heterocycles. The Morgan fingerprint density at radius 2 is 1.73 bits per heavy atom. The lowest BCUT2D eigenvalue weighted by molar-refractivity contribution is -0.141. The standard InChI is InChI=1S/C21H20N2O3/c1-14-6-4-8-16(10-14)18-12-22-21(23(18)13-19(24)26-3)20(25)17-9-5-7-15(2)11-17/h4-12H,13H2,1-3H3. The molecule has 0 radical (unpaired) electrons. The Bertz CT molecular complexity index is 973. The number of carbonyl (C=O) groups excluding carboxylic acids is 2. The highest BCUT2D eigenvalue weighted by Crippen LogP contribution is 2.23. The zero-order chi connectivity index (χ0) is 18.7. The van der Waals surface area contributed by atoms with Crippen LogP contribution in [-0.2, 0) is 16.1 Å². The van der Waals surface area contributed by atoms with Gasteiger partial charge in [-0.1, -0.05) is 47.5 Å². The summed E-state index contributed by atoms with van der Waals surface area (Å²) in [7, 11) is 1.33. The van der Waals surface area contributed by atoms with E-state index in [2.05, 4.69) is 4.98 Å². The Hall–Kier alpha value is -3.21. The number of rotatable bonds is 5. The van der Waals surface area contributed by atoms with Gasteiger partial charge >= 0.3 is 5.97 Å². The zero-order valence-corrected chi connectivity index (χ0v) is 15.0. The Labute approximate surface area is 152 Å². The number of ketones is 1. The second-order valence-electron chi connectivity index (χ2n) is 6.20. The molecule has 26 heavy (non-hydrogen) atoms. The number of methoxy groups -OCH3 is 1. The fourth-order valence-corrected chi connectivity index (χ4v) is 2.86. The molecule has 0 aliphatic heterocycles. The second-order valence-corrected chi connectivity index (χ2v) is 6.20. The SMILES string of the molecule is COC(=O)Cn1c(-c2cccc(C)c2)cnc1C(=O)c1cccc(C)c1. The van der Waals surface area contributed by atoms with E-state index in [9.17, 15) is 9.59 Å². The molecule has 0 aliphatic carbocycles. The number of benzene rings is 2. The van der Waals surface area contributed by atoms with Crippen molar-refractivity contribution in [3.05, 3.63) is 77.2 Å². The van der Waals surface area contributed by atoms with Gasteiger partial charge in [-0.15, -0.1) is 0 Å². The number of imidazole rings is 1. The average molecular weight is 348 g/mol. The van der Waals surface area contributed by atoms with E-state index >= 15 is 0 Å². The monoisotopic (exact) mass is 348 g/mol. The van der Waals surface area contributed by atoms with Gasteiger partial charge < -0.3 is 9.30 Å². The number of aromatic nitrogens is 2. The number of hydrogen-bond donors (Lipinski definition) is 0. The summed E-state index contributed by atoms with van der Waals surface area (Å²) in [6.07, 6.45) is 1.63. The summed E-state index contributed by atoms with van der Waals surface area (Å²) >= 11 is 0. The molecule has 3 rings (SSSR count). The van der Waals surface area contributed by atoms with Crippen LogP contribution in [0.25, 0.3) is 11.3 Å². The van der Waals surface area contributed by atoms with Gasteiger partial charge in [0.15, 0.2) is 5.82 Å². The molecule has 1 heterocycles. The smallest absolute Gasteiger partial charge is 0.325 e. The van der Waals surface area contributed by atoms with Gasteiger partial charge in [0.05, 0.1) is 19.0 Å². The van der Waals surface area contributed by atoms with E-state index in [1.54, 1.807) is 16.8 Å². The molecule has 0 N–H and O–H groups in total. The lowest BCUT2D eigenvalue weighted by Crippen LogP contribution is -2.18. The van der Waals surface area contributed by atoms with E-state index in [1.165, 1.54) is 7.11 Å². The summed E-state index contributed by atoms with van der Waals surface area (Å²) in [5, 5.41) is 0. The molecule has 1 aromatic heterocycles. The second kappa shape index (κ2) is 7.35. The number of hydrogen-bond acceptors (Lipinski definition) is 4. The van der Waals surface area contributed by atoms with Gasteiger partial charge in [-0.2, -0.15) is 0 Å². The van der Waals surface area contributed by atoms with Crippen molar-refractivity contribution < 1.29 is 14.3 Å². The van der Waals surface area contributed by atoms with Gasteiger partial charge in [0.25, 0.3) is 0 Å². The van der Waals surface area contributed by atoms with Crippen LogP contribution in [0.2, 0.25) is 0 Å². The lowest BCUT2D eigenvalue weighted by atomic mass is 10.1. The van der Waals surface area contributed by atoms with Crippen LogP contribution in [0, 0.1) is 13.8 Å². The zero-order valence-electron chi connectivity index (χ0n) is 15.0. The first kappa shape index (κ1) is 17.6. The maximum Gasteiger partial charge on any atom is 0.325 e. The fourth-order valence-electron chi connectivity index (χ4n) is 2.86. The van der Waals surface area contributed by atoms with Gasteiger partial charge in [-0.05, 0) is 26.0 Å². The van der Waals surface area contributed by atoms with Gasteiger partial charge in [0.2, 0.25) is 5.78 Å². The molecule has 2 aromatic carbocycles. The highest BCUT2D eigenvalue weighted by molar-refractivity contribution is 6.07. The predicted octanol–water partition coefficient (Wildman–Crippen LogP) is 3.57. The Morgan fingerprint density at radius 1 is 1.04 bits per heavy atom. The van der Waals surface area contributed by atoms with Crippen LogP contribution in [0.1, 0.15) is 27.3 Å². The first-order valence-electron chi connectivity index (χ1n) is 8.30. The van der Waals surface area contributed by atoms with Crippen molar-refractivity contribution in [2.24, 2.45) is 0 Å². The van der Waals surface area contributed by atoms with Crippen molar-refractivity contribution in [2.45, 2.75) is 20.4 Å². The van der Waals surface area contributed by atoms with Crippen molar-refractivity contribution >= 4 is 11.8 Å². The van der Waals surface area contributed by atoms with Crippen LogP contribution in [0.3, 0.4) is 0 Å². The van der Waals surface area contributed by atoms with Gasteiger partial charge in [-0.25, -0.2) is 4.98 Å². The largest absolute Gasteiger partial charge is 0.468 e. The highest BCUT2D eigenvalue weighted by atomic mass is 16.5. The molecule has 0 bridgehead atoms. The number of nitrogens with zero attached hydrogens (tertiary/aromatic N) is 2. The van der Waals surface area contributed by atoms with Gasteiger partial charge in [0, 0.05) is 11.1 Å². The first-order valence-corrected chi connectivity index (χ1v) is 8.30. The third-order valence-corrected chi connectivity index (χ3v) is 4.17. The summed E-state index contributed by atoms with van der Waals surface area (Å²) in [4.78, 5) is 29.2. The number of esters is 1. The molecular formula is C21H20N2O3. The van der Waals surface area contributed by atoms with Crippen LogP contribution in [-0.4, -0.2) is 28.4 Å². The molecule has 5 nitrogen and oxygen atoms in total. The highest BCUT2D eigenvalue weighted by Gasteiger charge is 2.21. The molecule has 0 unspecified atom stereocenters. The molecule has 0 amide bonds. The van der Waals surface area contributed by atoms with E-state index in [0.717, 1.165) is 16.7 Å². The Kier molecular flexibility index (Phi) is 4.98. The van der Waals surface area contributed by atoms with Crippen LogP contribution in [0.5, 0.6) is 0 Å². The van der Waals surface area contributed by atoms with Crippen molar-refractivity contribution in [1.82, 2.24) is 9.55 Å². The quantitative estimate of drug-likeness (QED) is 0.522. The van der Waals surface area contributed by atoms with E-state index in [-0.39, 0.29) is 18.2 Å². The van der Waals surface area contributed by atoms with Crippen LogP contribution in [0.15, 0.2) is 54.7 Å². The van der Waals surface area contributed by atoms with Crippen LogP contribution < -0.4 is 0 Å². The van der Waals surface area contributed by atoms with Crippen LogP contribution in [0.4, 0.5) is 0 Å². The molecule has 0 aliphatic rings. The molecule has 132 valence electrons.